The van der Waals surface area contributed by atoms with Crippen LogP contribution in [0.5, 0.6) is 0 Å². The molecule has 0 aliphatic carbocycles. The van der Waals surface area contributed by atoms with E-state index in [1.807, 2.05) is 0 Å². The molecule has 0 fully saturated rings. The molecule has 70 valence electrons. The number of nitro benzene ring substituents is 1. The highest BCUT2D eigenvalue weighted by atomic mass is 32.2. The van der Waals surface area contributed by atoms with E-state index in [4.69, 9.17) is 5.14 Å². The molecule has 0 saturated carbocycles. The minimum atomic E-state index is -0.439. The molecule has 0 atom stereocenters. The van der Waals surface area contributed by atoms with Crippen molar-refractivity contribution in [2.24, 2.45) is 5.14 Å². The van der Waals surface area contributed by atoms with Crippen molar-refractivity contribution in [3.63, 3.8) is 0 Å². The average Bonchev–Trinajstić information content (AvgIpc) is 2.16. The number of hydrogen-bond donors (Lipinski definition) is 2. The number of nitrogens with one attached hydrogen (secondary N) is 1. The second-order valence-corrected chi connectivity index (χ2v) is 3.01. The molecule has 6 heteroatoms. The molecule has 0 unspecified atom stereocenters. The monoisotopic (exact) mass is 199 g/mol. The Bertz CT molecular complexity index is 330. The highest BCUT2D eigenvalue weighted by Crippen LogP contribution is 2.27. The summed E-state index contributed by atoms with van der Waals surface area (Å²) < 4.78 is 0. The summed E-state index contributed by atoms with van der Waals surface area (Å²) in [5.41, 5.74) is 0.528. The minimum Gasteiger partial charge on any atom is -0.383 e. The van der Waals surface area contributed by atoms with Crippen LogP contribution in [-0.4, -0.2) is 12.0 Å². The third-order valence-electron chi connectivity index (χ3n) is 1.57. The van der Waals surface area contributed by atoms with Gasteiger partial charge in [0.2, 0.25) is 0 Å². The zero-order chi connectivity index (χ0) is 9.84. The maximum Gasteiger partial charge on any atom is 0.293 e. The predicted octanol–water partition coefficient (Wildman–Crippen LogP) is 1.60. The SMILES string of the molecule is CNc1ccc(SN)cc1[N+](=O)[O-]. The van der Waals surface area contributed by atoms with E-state index in [9.17, 15) is 10.1 Å². The third-order valence-corrected chi connectivity index (χ3v) is 2.10. The van der Waals surface area contributed by atoms with Gasteiger partial charge in [-0.1, -0.05) is 0 Å². The van der Waals surface area contributed by atoms with Crippen LogP contribution >= 0.6 is 11.9 Å². The summed E-state index contributed by atoms with van der Waals surface area (Å²) in [6.45, 7) is 0. The van der Waals surface area contributed by atoms with Gasteiger partial charge in [0, 0.05) is 18.0 Å². The molecule has 1 rings (SSSR count). The third kappa shape index (κ3) is 2.10. The first kappa shape index (κ1) is 9.82. The summed E-state index contributed by atoms with van der Waals surface area (Å²) in [4.78, 5) is 10.8. The van der Waals surface area contributed by atoms with Crippen molar-refractivity contribution in [3.8, 4) is 0 Å². The topological polar surface area (TPSA) is 81.2 Å². The van der Waals surface area contributed by atoms with Crippen LogP contribution in [0.15, 0.2) is 23.1 Å². The molecule has 0 saturated heterocycles. The second kappa shape index (κ2) is 4.11. The molecule has 13 heavy (non-hydrogen) atoms. The lowest BCUT2D eigenvalue weighted by Crippen LogP contribution is -1.96. The molecule has 0 aromatic heterocycles. The van der Waals surface area contributed by atoms with E-state index in [1.165, 1.54) is 6.07 Å². The smallest absolute Gasteiger partial charge is 0.293 e. The van der Waals surface area contributed by atoms with Gasteiger partial charge < -0.3 is 5.32 Å². The molecule has 1 aromatic rings. The first-order chi connectivity index (χ1) is 6.19. The molecular formula is C7H9N3O2S. The van der Waals surface area contributed by atoms with E-state index in [0.29, 0.717) is 10.6 Å². The Labute approximate surface area is 79.6 Å². The Morgan fingerprint density at radius 3 is 2.77 bits per heavy atom. The minimum absolute atomic E-state index is 0.0398. The van der Waals surface area contributed by atoms with Crippen molar-refractivity contribution in [3.05, 3.63) is 28.3 Å². The van der Waals surface area contributed by atoms with E-state index < -0.39 is 4.92 Å². The summed E-state index contributed by atoms with van der Waals surface area (Å²) >= 11 is 0.987. The maximum absolute atomic E-state index is 10.6. The van der Waals surface area contributed by atoms with Crippen LogP contribution in [0.25, 0.3) is 0 Å². The number of anilines is 1. The van der Waals surface area contributed by atoms with Gasteiger partial charge in [0.25, 0.3) is 5.69 Å². The summed E-state index contributed by atoms with van der Waals surface area (Å²) in [7, 11) is 1.64. The molecule has 0 spiro atoms. The standard InChI is InChI=1S/C7H9N3O2S/c1-9-6-3-2-5(13-8)4-7(6)10(11)12/h2-4,9H,8H2,1H3. The molecule has 0 aliphatic rings. The van der Waals surface area contributed by atoms with Crippen LogP contribution < -0.4 is 10.5 Å². The molecular weight excluding hydrogens is 190 g/mol. The number of nitrogens with two attached hydrogens (primary N) is 1. The highest BCUT2D eigenvalue weighted by molar-refractivity contribution is 7.97. The second-order valence-electron chi connectivity index (χ2n) is 2.30. The van der Waals surface area contributed by atoms with Crippen molar-refractivity contribution in [2.45, 2.75) is 4.90 Å². The fourth-order valence-electron chi connectivity index (χ4n) is 0.947. The van der Waals surface area contributed by atoms with Crippen molar-refractivity contribution < 1.29 is 4.92 Å². The van der Waals surface area contributed by atoms with E-state index >= 15 is 0 Å². The largest absolute Gasteiger partial charge is 0.383 e. The number of hydrogen-bond acceptors (Lipinski definition) is 5. The van der Waals surface area contributed by atoms with Gasteiger partial charge in [0.1, 0.15) is 5.69 Å². The number of benzene rings is 1. The first-order valence-corrected chi connectivity index (χ1v) is 4.40. The van der Waals surface area contributed by atoms with Gasteiger partial charge in [-0.15, -0.1) is 0 Å². The highest BCUT2D eigenvalue weighted by Gasteiger charge is 2.12. The lowest BCUT2D eigenvalue weighted by molar-refractivity contribution is -0.384. The van der Waals surface area contributed by atoms with Crippen molar-refractivity contribution in [2.75, 3.05) is 12.4 Å². The zero-order valence-electron chi connectivity index (χ0n) is 6.98. The van der Waals surface area contributed by atoms with Gasteiger partial charge in [-0.2, -0.15) is 0 Å². The Morgan fingerprint density at radius 1 is 1.62 bits per heavy atom. The van der Waals surface area contributed by atoms with Gasteiger partial charge >= 0.3 is 0 Å². The van der Waals surface area contributed by atoms with Crippen LogP contribution in [0.4, 0.5) is 11.4 Å². The van der Waals surface area contributed by atoms with Crippen LogP contribution in [0, 0.1) is 10.1 Å². The van der Waals surface area contributed by atoms with Gasteiger partial charge in [0.15, 0.2) is 0 Å². The number of nitrogens with zero attached hydrogens (tertiary/aromatic N) is 1. The van der Waals surface area contributed by atoms with Gasteiger partial charge in [-0.3, -0.25) is 15.3 Å². The van der Waals surface area contributed by atoms with Gasteiger partial charge in [0.05, 0.1) is 4.92 Å². The van der Waals surface area contributed by atoms with Crippen molar-refractivity contribution in [1.82, 2.24) is 0 Å². The lowest BCUT2D eigenvalue weighted by atomic mass is 10.3. The van der Waals surface area contributed by atoms with Crippen LogP contribution in [0.3, 0.4) is 0 Å². The van der Waals surface area contributed by atoms with Gasteiger partial charge in [-0.25, -0.2) is 0 Å². The molecule has 1 aromatic carbocycles. The quantitative estimate of drug-likeness (QED) is 0.439. The summed E-state index contributed by atoms with van der Waals surface area (Å²) in [5.74, 6) is 0. The molecule has 0 amide bonds. The average molecular weight is 199 g/mol. The first-order valence-electron chi connectivity index (χ1n) is 3.52. The van der Waals surface area contributed by atoms with Crippen LogP contribution in [-0.2, 0) is 0 Å². The van der Waals surface area contributed by atoms with E-state index in [-0.39, 0.29) is 5.69 Å². The Balaban J connectivity index is 3.18. The van der Waals surface area contributed by atoms with Gasteiger partial charge in [-0.05, 0) is 24.1 Å². The maximum atomic E-state index is 10.6. The van der Waals surface area contributed by atoms with E-state index in [1.54, 1.807) is 19.2 Å². The Hall–Kier alpha value is -1.27. The predicted molar refractivity (Wildman–Crippen MR) is 52.7 cm³/mol. The fraction of sp³-hybridized carbons (Fsp3) is 0.143. The normalized spacial score (nSPS) is 9.69. The summed E-state index contributed by atoms with van der Waals surface area (Å²) in [5, 5.41) is 18.6. The summed E-state index contributed by atoms with van der Waals surface area (Å²) in [6.07, 6.45) is 0. The molecule has 0 bridgehead atoms. The van der Waals surface area contributed by atoms with Crippen molar-refractivity contribution >= 4 is 23.3 Å². The summed E-state index contributed by atoms with van der Waals surface area (Å²) in [6, 6.07) is 4.80. The molecule has 3 N–H and O–H groups in total. The molecule has 0 heterocycles. The number of nitro groups is 1. The molecule has 0 radical (unpaired) electrons. The van der Waals surface area contributed by atoms with Crippen LogP contribution in [0.1, 0.15) is 0 Å². The van der Waals surface area contributed by atoms with Crippen molar-refractivity contribution in [1.29, 1.82) is 0 Å². The zero-order valence-corrected chi connectivity index (χ0v) is 7.80. The Morgan fingerprint density at radius 2 is 2.31 bits per heavy atom. The van der Waals surface area contributed by atoms with Crippen LogP contribution in [0.2, 0.25) is 0 Å². The fourth-order valence-corrected chi connectivity index (χ4v) is 1.27. The van der Waals surface area contributed by atoms with E-state index in [2.05, 4.69) is 5.32 Å². The molecule has 5 nitrogen and oxygen atoms in total. The lowest BCUT2D eigenvalue weighted by Gasteiger charge is -2.02. The van der Waals surface area contributed by atoms with E-state index in [0.717, 1.165) is 11.9 Å². The Kier molecular flexibility index (Phi) is 3.10. The number of rotatable bonds is 3. The molecule has 0 aliphatic heterocycles.